The molecule has 0 aromatic rings. The normalized spacial score (nSPS) is 15.8. The largest absolute Gasteiger partial charge is 0.469 e. The van der Waals surface area contributed by atoms with Gasteiger partial charge >= 0.3 is 5.97 Å². The van der Waals surface area contributed by atoms with Gasteiger partial charge in [0.1, 0.15) is 0 Å². The number of ether oxygens (including phenoxy) is 1. The second kappa shape index (κ2) is 10.4. The molecule has 0 heterocycles. The Morgan fingerprint density at radius 1 is 0.800 bits per heavy atom. The Morgan fingerprint density at radius 3 is 1.68 bits per heavy atom. The Morgan fingerprint density at radius 2 is 1.28 bits per heavy atom. The van der Waals surface area contributed by atoms with Crippen molar-refractivity contribution < 1.29 is 22.8 Å². The zero-order valence-electron chi connectivity index (χ0n) is 18.0. The second-order valence-electron chi connectivity index (χ2n) is 9.43. The van der Waals surface area contributed by atoms with Crippen molar-refractivity contribution in [3.8, 4) is 0 Å². The molecule has 25 heavy (non-hydrogen) atoms. The first kappa shape index (κ1) is 25.0. The molecule has 8 heteroatoms. The van der Waals surface area contributed by atoms with Gasteiger partial charge < -0.3 is 18.0 Å². The number of hydrogen-bond acceptors (Lipinski definition) is 5. The highest BCUT2D eigenvalue weighted by molar-refractivity contribution is 6.70. The fourth-order valence-corrected chi connectivity index (χ4v) is 5.30. The molecule has 0 aliphatic heterocycles. The number of carbonyl (C=O) groups excluding carboxylic acids is 1. The molecule has 0 aliphatic rings. The minimum absolute atomic E-state index is 0.0422. The summed E-state index contributed by atoms with van der Waals surface area (Å²) in [6.45, 7) is 20.2. The Labute approximate surface area is 158 Å². The van der Waals surface area contributed by atoms with Crippen LogP contribution in [0.25, 0.3) is 0 Å². The topological polar surface area (TPSA) is 54.0 Å². The fraction of sp³-hybridized carbons (Fsp3) is 0.941. The highest BCUT2D eigenvalue weighted by Crippen LogP contribution is 2.22. The van der Waals surface area contributed by atoms with Crippen LogP contribution in [0, 0.1) is 0 Å². The highest BCUT2D eigenvalue weighted by atomic mass is 28.4. The average Bonchev–Trinajstić information content (AvgIpc) is 2.38. The highest BCUT2D eigenvalue weighted by Gasteiger charge is 2.33. The number of methoxy groups -OCH3 is 1. The van der Waals surface area contributed by atoms with Crippen LogP contribution in [0.2, 0.25) is 58.9 Å². The smallest absolute Gasteiger partial charge is 0.305 e. The van der Waals surface area contributed by atoms with Gasteiger partial charge in [0.25, 0.3) is 0 Å². The van der Waals surface area contributed by atoms with Gasteiger partial charge in [-0.05, 0) is 71.8 Å². The number of esters is 1. The minimum atomic E-state index is -1.74. The SMILES string of the molecule is COC(=O)CCC[C@H](O[Si](C)(C)C)[C@@H](CO[Si](C)(C)C)O[Si](C)(C)C. The standard InChI is InChI=1S/C17H40O5Si3/c1-19-17(18)13-11-12-15(21-24(5,6)7)16(22-25(8,9)10)14-20-23(2,3)4/h15-16H,11-14H2,1-10H3/t15-,16+/m0/s1. The fourth-order valence-electron chi connectivity index (χ4n) is 2.33. The monoisotopic (exact) mass is 408 g/mol. The van der Waals surface area contributed by atoms with E-state index in [9.17, 15) is 4.79 Å². The van der Waals surface area contributed by atoms with Gasteiger partial charge in [-0.15, -0.1) is 0 Å². The van der Waals surface area contributed by atoms with Crippen molar-refractivity contribution >= 4 is 30.9 Å². The van der Waals surface area contributed by atoms with E-state index in [-0.39, 0.29) is 18.2 Å². The third-order valence-corrected chi connectivity index (χ3v) is 6.25. The van der Waals surface area contributed by atoms with E-state index in [1.807, 2.05) is 0 Å². The van der Waals surface area contributed by atoms with Crippen molar-refractivity contribution in [1.29, 1.82) is 0 Å². The zero-order chi connectivity index (χ0) is 19.9. The van der Waals surface area contributed by atoms with E-state index in [1.54, 1.807) is 0 Å². The molecule has 2 atom stereocenters. The lowest BCUT2D eigenvalue weighted by Crippen LogP contribution is -2.48. The number of carbonyl (C=O) groups is 1. The maximum Gasteiger partial charge on any atom is 0.305 e. The van der Waals surface area contributed by atoms with Crippen LogP contribution in [0.4, 0.5) is 0 Å². The molecule has 0 fully saturated rings. The van der Waals surface area contributed by atoms with Gasteiger partial charge in [0.2, 0.25) is 0 Å². The molecule has 0 radical (unpaired) electrons. The Hall–Kier alpha value is 0.000649. The predicted molar refractivity (Wildman–Crippen MR) is 112 cm³/mol. The first-order valence-corrected chi connectivity index (χ1v) is 19.4. The molecule has 0 aromatic heterocycles. The quantitative estimate of drug-likeness (QED) is 0.348. The molecule has 0 aliphatic carbocycles. The lowest BCUT2D eigenvalue weighted by molar-refractivity contribution is -0.140. The van der Waals surface area contributed by atoms with E-state index < -0.39 is 25.0 Å². The summed E-state index contributed by atoms with van der Waals surface area (Å²) < 4.78 is 23.8. The Balaban J connectivity index is 5.15. The van der Waals surface area contributed by atoms with E-state index in [4.69, 9.17) is 18.0 Å². The summed E-state index contributed by atoms with van der Waals surface area (Å²) in [5.74, 6) is -0.173. The summed E-state index contributed by atoms with van der Waals surface area (Å²) >= 11 is 0. The van der Waals surface area contributed by atoms with Crippen LogP contribution in [0.5, 0.6) is 0 Å². The van der Waals surface area contributed by atoms with E-state index in [2.05, 4.69) is 58.9 Å². The molecule has 0 unspecified atom stereocenters. The van der Waals surface area contributed by atoms with Crippen LogP contribution in [0.3, 0.4) is 0 Å². The van der Waals surface area contributed by atoms with E-state index in [0.29, 0.717) is 13.0 Å². The van der Waals surface area contributed by atoms with Gasteiger partial charge in [0.05, 0.1) is 25.9 Å². The second-order valence-corrected chi connectivity index (χ2v) is 22.9. The molecule has 0 spiro atoms. The summed E-state index contributed by atoms with van der Waals surface area (Å²) in [7, 11) is -3.70. The molecule has 0 N–H and O–H groups in total. The van der Waals surface area contributed by atoms with Gasteiger partial charge in [0.15, 0.2) is 25.0 Å². The number of hydrogen-bond donors (Lipinski definition) is 0. The minimum Gasteiger partial charge on any atom is -0.469 e. The van der Waals surface area contributed by atoms with Gasteiger partial charge in [0, 0.05) is 6.42 Å². The lowest BCUT2D eigenvalue weighted by Gasteiger charge is -2.37. The van der Waals surface area contributed by atoms with Crippen molar-refractivity contribution in [2.45, 2.75) is 90.4 Å². The summed E-state index contributed by atoms with van der Waals surface area (Å²) in [6.07, 6.45) is 1.81. The summed E-state index contributed by atoms with van der Waals surface area (Å²) in [5, 5.41) is 0. The molecule has 150 valence electrons. The molecule has 0 saturated heterocycles. The van der Waals surface area contributed by atoms with Crippen LogP contribution in [0.15, 0.2) is 0 Å². The third-order valence-electron chi connectivity index (χ3n) is 3.20. The molecule has 0 rings (SSSR count). The van der Waals surface area contributed by atoms with Crippen molar-refractivity contribution in [2.75, 3.05) is 13.7 Å². The van der Waals surface area contributed by atoms with Gasteiger partial charge in [-0.3, -0.25) is 4.79 Å². The van der Waals surface area contributed by atoms with Crippen molar-refractivity contribution in [1.82, 2.24) is 0 Å². The first-order valence-electron chi connectivity index (χ1n) is 9.19. The van der Waals surface area contributed by atoms with Gasteiger partial charge in [-0.1, -0.05) is 0 Å². The number of rotatable bonds is 12. The Bertz CT molecular complexity index is 397. The summed E-state index contributed by atoms with van der Waals surface area (Å²) in [5.41, 5.74) is 0. The predicted octanol–water partition coefficient (Wildman–Crippen LogP) is 4.62. The summed E-state index contributed by atoms with van der Waals surface area (Å²) in [4.78, 5) is 11.4. The van der Waals surface area contributed by atoms with E-state index in [1.165, 1.54) is 7.11 Å². The zero-order valence-corrected chi connectivity index (χ0v) is 21.0. The van der Waals surface area contributed by atoms with Gasteiger partial charge in [-0.25, -0.2) is 0 Å². The molecule has 5 nitrogen and oxygen atoms in total. The first-order chi connectivity index (χ1) is 11.1. The maximum atomic E-state index is 11.4. The molecule has 0 saturated carbocycles. The van der Waals surface area contributed by atoms with Crippen LogP contribution in [-0.2, 0) is 22.8 Å². The third kappa shape index (κ3) is 14.8. The van der Waals surface area contributed by atoms with Crippen LogP contribution in [0.1, 0.15) is 19.3 Å². The lowest BCUT2D eigenvalue weighted by atomic mass is 10.1. The average molecular weight is 409 g/mol. The van der Waals surface area contributed by atoms with Crippen molar-refractivity contribution in [3.05, 3.63) is 0 Å². The molecule has 0 amide bonds. The summed E-state index contributed by atoms with van der Waals surface area (Å²) in [6, 6.07) is 0. The van der Waals surface area contributed by atoms with Crippen LogP contribution in [-0.4, -0.2) is 56.8 Å². The molecule has 0 aromatic carbocycles. The maximum absolute atomic E-state index is 11.4. The van der Waals surface area contributed by atoms with Crippen LogP contribution < -0.4 is 0 Å². The van der Waals surface area contributed by atoms with Crippen molar-refractivity contribution in [3.63, 3.8) is 0 Å². The molecule has 0 bridgehead atoms. The molecular weight excluding hydrogens is 368 g/mol. The molecular formula is C17H40O5Si3. The Kier molecular flexibility index (Phi) is 10.4. The van der Waals surface area contributed by atoms with E-state index in [0.717, 1.165) is 12.8 Å². The van der Waals surface area contributed by atoms with Crippen LogP contribution >= 0.6 is 0 Å². The van der Waals surface area contributed by atoms with Gasteiger partial charge in [-0.2, -0.15) is 0 Å². The van der Waals surface area contributed by atoms with E-state index >= 15 is 0 Å². The van der Waals surface area contributed by atoms with Crippen molar-refractivity contribution in [2.24, 2.45) is 0 Å².